The summed E-state index contributed by atoms with van der Waals surface area (Å²) >= 11 is 2.77. The minimum atomic E-state index is -3.48. The van der Waals surface area contributed by atoms with Gasteiger partial charge in [-0.3, -0.25) is 9.69 Å². The molecule has 33 heavy (non-hydrogen) atoms. The van der Waals surface area contributed by atoms with E-state index in [1.165, 1.54) is 27.0 Å². The lowest BCUT2D eigenvalue weighted by Gasteiger charge is -2.33. The monoisotopic (exact) mass is 506 g/mol. The van der Waals surface area contributed by atoms with Gasteiger partial charge in [-0.2, -0.15) is 4.31 Å². The molecule has 0 unspecified atom stereocenters. The molecule has 0 N–H and O–H groups in total. The third-order valence-electron chi connectivity index (χ3n) is 6.21. The van der Waals surface area contributed by atoms with E-state index in [2.05, 4.69) is 18.7 Å². The van der Waals surface area contributed by atoms with Gasteiger partial charge < -0.3 is 4.90 Å². The largest absolute Gasteiger partial charge is 0.302 e. The number of piperidine rings is 1. The van der Waals surface area contributed by atoms with Crippen molar-refractivity contribution in [1.82, 2.24) is 14.2 Å². The number of rotatable bonds is 9. The number of fused-ring (bicyclic) bond motifs is 1. The molecule has 10 heteroatoms. The second-order valence-electron chi connectivity index (χ2n) is 8.09. The highest BCUT2D eigenvalue weighted by atomic mass is 32.2. The lowest BCUT2D eigenvalue weighted by Crippen LogP contribution is -2.46. The second-order valence-corrected chi connectivity index (χ2v) is 12.2. The van der Waals surface area contributed by atoms with E-state index < -0.39 is 10.0 Å². The van der Waals surface area contributed by atoms with Gasteiger partial charge in [0.05, 0.1) is 10.2 Å². The second kappa shape index (κ2) is 10.6. The first-order valence-electron chi connectivity index (χ1n) is 11.4. The molecule has 1 aromatic carbocycles. The Morgan fingerprint density at radius 2 is 1.82 bits per heavy atom. The van der Waals surface area contributed by atoms with Crippen LogP contribution < -0.4 is 4.90 Å². The summed E-state index contributed by atoms with van der Waals surface area (Å²) in [6, 6.07) is 11.3. The van der Waals surface area contributed by atoms with Gasteiger partial charge in [0.1, 0.15) is 4.21 Å². The predicted molar refractivity (Wildman–Crippen MR) is 136 cm³/mol. The highest BCUT2D eigenvalue weighted by Gasteiger charge is 2.35. The van der Waals surface area contributed by atoms with Crippen LogP contribution in [0.15, 0.2) is 46.0 Å². The zero-order chi connectivity index (χ0) is 23.4. The molecule has 3 heterocycles. The van der Waals surface area contributed by atoms with E-state index in [1.807, 2.05) is 29.2 Å². The predicted octanol–water partition coefficient (Wildman–Crippen LogP) is 4.13. The Bertz CT molecular complexity index is 1130. The Hall–Kier alpha value is -1.85. The minimum Gasteiger partial charge on any atom is -0.302 e. The van der Waals surface area contributed by atoms with Gasteiger partial charge in [0.2, 0.25) is 5.91 Å². The maximum atomic E-state index is 13.7. The van der Waals surface area contributed by atoms with Crippen molar-refractivity contribution in [1.29, 1.82) is 0 Å². The fourth-order valence-electron chi connectivity index (χ4n) is 4.16. The van der Waals surface area contributed by atoms with Crippen LogP contribution in [0.3, 0.4) is 0 Å². The maximum absolute atomic E-state index is 13.7. The highest BCUT2D eigenvalue weighted by molar-refractivity contribution is 7.91. The fourth-order valence-corrected chi connectivity index (χ4v) is 7.77. The number of thiazole rings is 1. The molecule has 0 aliphatic carbocycles. The molecule has 7 nitrogen and oxygen atoms in total. The molecule has 0 radical (unpaired) electrons. The molecule has 0 bridgehead atoms. The van der Waals surface area contributed by atoms with Crippen LogP contribution >= 0.6 is 22.7 Å². The van der Waals surface area contributed by atoms with Gasteiger partial charge in [-0.15, -0.1) is 11.3 Å². The van der Waals surface area contributed by atoms with E-state index >= 15 is 0 Å². The molecule has 1 aliphatic heterocycles. The van der Waals surface area contributed by atoms with Crippen LogP contribution in [-0.4, -0.2) is 67.8 Å². The summed E-state index contributed by atoms with van der Waals surface area (Å²) in [5, 5.41) is 2.50. The van der Waals surface area contributed by atoms with Crippen LogP contribution in [0.4, 0.5) is 5.13 Å². The number of hydrogen-bond acceptors (Lipinski definition) is 7. The Balaban J connectivity index is 1.50. The number of anilines is 1. The van der Waals surface area contributed by atoms with E-state index in [0.29, 0.717) is 36.7 Å². The lowest BCUT2D eigenvalue weighted by molar-refractivity contribution is -0.123. The van der Waals surface area contributed by atoms with E-state index in [0.717, 1.165) is 35.0 Å². The molecule has 1 saturated heterocycles. The molecule has 3 aromatic rings. The first-order chi connectivity index (χ1) is 15.9. The molecule has 0 spiro atoms. The quantitative estimate of drug-likeness (QED) is 0.436. The number of aromatic nitrogens is 1. The molecule has 1 fully saturated rings. The first kappa shape index (κ1) is 24.3. The maximum Gasteiger partial charge on any atom is 0.252 e. The van der Waals surface area contributed by atoms with Crippen molar-refractivity contribution in [3.05, 3.63) is 41.8 Å². The van der Waals surface area contributed by atoms with Gasteiger partial charge in [0.15, 0.2) is 5.13 Å². The number of benzene rings is 1. The molecule has 0 atom stereocenters. The molecular formula is C23H30N4O3S3. The average Bonchev–Trinajstić information content (AvgIpc) is 3.52. The molecule has 2 aromatic heterocycles. The number of likely N-dealkylation sites (N-methyl/N-ethyl adjacent to an activating group) is 1. The van der Waals surface area contributed by atoms with Gasteiger partial charge in [-0.1, -0.05) is 43.4 Å². The van der Waals surface area contributed by atoms with E-state index in [-0.39, 0.29) is 11.8 Å². The van der Waals surface area contributed by atoms with Crippen LogP contribution in [0.1, 0.15) is 26.7 Å². The standard InChI is InChI=1S/C23H30N4O3S3/c1-3-25(4-2)15-16-27(23-24-19-8-5-6-9-20(19)32-23)22(28)18-11-13-26(14-12-18)33(29,30)21-10-7-17-31-21/h5-10,17-18H,3-4,11-16H2,1-2H3. The van der Waals surface area contributed by atoms with Crippen molar-refractivity contribution in [2.45, 2.75) is 30.9 Å². The van der Waals surface area contributed by atoms with Crippen LogP contribution in [0.2, 0.25) is 0 Å². The zero-order valence-corrected chi connectivity index (χ0v) is 21.5. The lowest BCUT2D eigenvalue weighted by atomic mass is 9.96. The fraction of sp³-hybridized carbons (Fsp3) is 0.478. The number of amides is 1. The summed E-state index contributed by atoms with van der Waals surface area (Å²) in [4.78, 5) is 22.5. The van der Waals surface area contributed by atoms with Gasteiger partial charge >= 0.3 is 0 Å². The summed E-state index contributed by atoms with van der Waals surface area (Å²) in [7, 11) is -3.48. The number of hydrogen-bond donors (Lipinski definition) is 0. The molecule has 178 valence electrons. The van der Waals surface area contributed by atoms with Crippen molar-refractivity contribution in [2.24, 2.45) is 5.92 Å². The highest BCUT2D eigenvalue weighted by Crippen LogP contribution is 2.32. The van der Waals surface area contributed by atoms with Crippen LogP contribution in [-0.2, 0) is 14.8 Å². The van der Waals surface area contributed by atoms with Crippen molar-refractivity contribution in [3.63, 3.8) is 0 Å². The Morgan fingerprint density at radius 3 is 2.45 bits per heavy atom. The average molecular weight is 507 g/mol. The molecule has 1 aliphatic rings. The summed E-state index contributed by atoms with van der Waals surface area (Å²) < 4.78 is 28.6. The SMILES string of the molecule is CCN(CC)CCN(C(=O)C1CCN(S(=O)(=O)c2cccs2)CC1)c1nc2ccccc2s1. The first-order valence-corrected chi connectivity index (χ1v) is 14.5. The number of para-hydroxylation sites is 1. The van der Waals surface area contributed by atoms with Crippen LogP contribution in [0, 0.1) is 5.92 Å². The Morgan fingerprint density at radius 1 is 1.09 bits per heavy atom. The van der Waals surface area contributed by atoms with Crippen LogP contribution in [0.5, 0.6) is 0 Å². The summed E-state index contributed by atoms with van der Waals surface area (Å²) in [6.07, 6.45) is 1.05. The Labute approximate surface area is 203 Å². The topological polar surface area (TPSA) is 73.8 Å². The molecule has 4 rings (SSSR count). The van der Waals surface area contributed by atoms with Gasteiger partial charge in [0.25, 0.3) is 10.0 Å². The number of carbonyl (C=O) groups is 1. The summed E-state index contributed by atoms with van der Waals surface area (Å²) in [5.74, 6) is -0.155. The van der Waals surface area contributed by atoms with E-state index in [1.54, 1.807) is 17.5 Å². The number of thiophene rings is 1. The van der Waals surface area contributed by atoms with Gasteiger partial charge in [-0.25, -0.2) is 13.4 Å². The van der Waals surface area contributed by atoms with Gasteiger partial charge in [-0.05, 0) is 49.5 Å². The normalized spacial score (nSPS) is 16.0. The number of carbonyl (C=O) groups excluding carboxylic acids is 1. The zero-order valence-electron chi connectivity index (χ0n) is 19.0. The van der Waals surface area contributed by atoms with Gasteiger partial charge in [0, 0.05) is 32.1 Å². The Kier molecular flexibility index (Phi) is 7.80. The van der Waals surface area contributed by atoms with Crippen molar-refractivity contribution < 1.29 is 13.2 Å². The number of nitrogens with zero attached hydrogens (tertiary/aromatic N) is 4. The minimum absolute atomic E-state index is 0.0504. The summed E-state index contributed by atoms with van der Waals surface area (Å²) in [5.41, 5.74) is 0.898. The van der Waals surface area contributed by atoms with E-state index in [4.69, 9.17) is 4.98 Å². The molecule has 0 saturated carbocycles. The summed E-state index contributed by atoms with van der Waals surface area (Å²) in [6.45, 7) is 8.18. The number of sulfonamides is 1. The molecule has 1 amide bonds. The third kappa shape index (κ3) is 5.30. The van der Waals surface area contributed by atoms with Crippen molar-refractivity contribution in [3.8, 4) is 0 Å². The van der Waals surface area contributed by atoms with Crippen LogP contribution in [0.25, 0.3) is 10.2 Å². The third-order valence-corrected chi connectivity index (χ3v) is 10.5. The van der Waals surface area contributed by atoms with Crippen molar-refractivity contribution >= 4 is 54.0 Å². The van der Waals surface area contributed by atoms with E-state index in [9.17, 15) is 13.2 Å². The van der Waals surface area contributed by atoms with Crippen molar-refractivity contribution in [2.75, 3.05) is 44.2 Å². The smallest absolute Gasteiger partial charge is 0.252 e. The molecular weight excluding hydrogens is 476 g/mol.